The lowest BCUT2D eigenvalue weighted by Crippen LogP contribution is -2.26. The Morgan fingerprint density at radius 2 is 2.00 bits per heavy atom. The molecule has 7 heteroatoms. The Morgan fingerprint density at radius 1 is 1.32 bits per heavy atom. The summed E-state index contributed by atoms with van der Waals surface area (Å²) < 4.78 is -0.0343. The molecule has 4 nitrogen and oxygen atoms in total. The largest absolute Gasteiger partial charge is 0.380 e. The maximum Gasteiger partial charge on any atom is 0.153 e. The van der Waals surface area contributed by atoms with E-state index in [0.29, 0.717) is 16.4 Å². The van der Waals surface area contributed by atoms with E-state index in [1.165, 1.54) is 12.4 Å². The van der Waals surface area contributed by atoms with Crippen molar-refractivity contribution in [2.45, 2.75) is 12.0 Å². The number of aromatic amines is 1. The van der Waals surface area contributed by atoms with Gasteiger partial charge in [0, 0.05) is 11.4 Å². The van der Waals surface area contributed by atoms with Gasteiger partial charge in [0.25, 0.3) is 0 Å². The van der Waals surface area contributed by atoms with Crippen molar-refractivity contribution < 1.29 is 5.11 Å². The van der Waals surface area contributed by atoms with Gasteiger partial charge in [-0.1, -0.05) is 46.9 Å². The lowest BCUT2D eigenvalue weighted by molar-refractivity contribution is 0.0876. The van der Waals surface area contributed by atoms with E-state index in [1.807, 2.05) is 0 Å². The number of benzene rings is 1. The summed E-state index contributed by atoms with van der Waals surface area (Å²) in [5.41, 5.74) is -0.800. The lowest BCUT2D eigenvalue weighted by atomic mass is 9.90. The molecule has 0 aliphatic carbocycles. The molecule has 0 aliphatic heterocycles. The molecule has 0 aliphatic rings. The second-order valence-electron chi connectivity index (χ2n) is 3.96. The number of nitrogens with one attached hydrogen (secondary N) is 1. The molecule has 0 fully saturated rings. The van der Waals surface area contributed by atoms with E-state index in [2.05, 4.69) is 15.2 Å². The van der Waals surface area contributed by atoms with Gasteiger partial charge in [0.1, 0.15) is 16.4 Å². The minimum Gasteiger partial charge on any atom is -0.380 e. The molecule has 19 heavy (non-hydrogen) atoms. The highest BCUT2D eigenvalue weighted by Crippen LogP contribution is 2.30. The van der Waals surface area contributed by atoms with E-state index < -0.39 is 5.60 Å². The highest BCUT2D eigenvalue weighted by atomic mass is 35.5. The molecule has 0 bridgehead atoms. The summed E-state index contributed by atoms with van der Waals surface area (Å²) in [4.78, 5) is 3.98. The molecule has 1 aromatic heterocycles. The number of aromatic nitrogens is 3. The Bertz CT molecular complexity index is 564. The smallest absolute Gasteiger partial charge is 0.153 e. The van der Waals surface area contributed by atoms with Crippen LogP contribution in [0.1, 0.15) is 11.4 Å². The van der Waals surface area contributed by atoms with Crippen LogP contribution in [0.15, 0.2) is 41.2 Å². The van der Waals surface area contributed by atoms with Crippen molar-refractivity contribution in [1.29, 1.82) is 0 Å². The van der Waals surface area contributed by atoms with Crippen LogP contribution in [0.3, 0.4) is 0 Å². The summed E-state index contributed by atoms with van der Waals surface area (Å²) in [6.07, 6.45) is 2.92. The van der Waals surface area contributed by atoms with Crippen LogP contribution in [0.2, 0.25) is 5.02 Å². The maximum absolute atomic E-state index is 10.7. The van der Waals surface area contributed by atoms with Crippen LogP contribution in [0.4, 0.5) is 0 Å². The predicted molar refractivity (Wildman–Crippen MR) is 75.2 cm³/mol. The van der Waals surface area contributed by atoms with Gasteiger partial charge in [-0.25, -0.2) is 4.98 Å². The molecule has 2 N–H and O–H groups in total. The molecule has 100 valence electrons. The zero-order valence-corrected chi connectivity index (χ0v) is 11.9. The molecule has 0 amide bonds. The van der Waals surface area contributed by atoms with Crippen LogP contribution >= 0.6 is 34.8 Å². The molecule has 0 saturated carbocycles. The number of aliphatic hydroxyl groups is 1. The Hall–Kier alpha value is -1.07. The molecule has 2 rings (SSSR count). The number of H-pyrrole nitrogens is 1. The normalized spacial score (nSPS) is 13.9. The van der Waals surface area contributed by atoms with E-state index in [0.717, 1.165) is 0 Å². The zero-order chi connectivity index (χ0) is 13.9. The van der Waals surface area contributed by atoms with Crippen molar-refractivity contribution in [1.82, 2.24) is 15.2 Å². The van der Waals surface area contributed by atoms with Crippen molar-refractivity contribution >= 4 is 34.8 Å². The number of hydrogen-bond donors (Lipinski definition) is 2. The first kappa shape index (κ1) is 14.3. The number of halogens is 3. The molecule has 1 unspecified atom stereocenters. The summed E-state index contributed by atoms with van der Waals surface area (Å²) in [5, 5.41) is 17.8. The minimum atomic E-state index is -1.40. The van der Waals surface area contributed by atoms with Crippen LogP contribution in [-0.2, 0) is 12.0 Å². The van der Waals surface area contributed by atoms with Crippen LogP contribution in [0.25, 0.3) is 0 Å². The maximum atomic E-state index is 10.7. The molecular weight excluding hydrogens is 309 g/mol. The van der Waals surface area contributed by atoms with Gasteiger partial charge in [-0.3, -0.25) is 5.10 Å². The van der Waals surface area contributed by atoms with E-state index >= 15 is 0 Å². The van der Waals surface area contributed by atoms with Gasteiger partial charge in [0.2, 0.25) is 0 Å². The topological polar surface area (TPSA) is 61.8 Å². The van der Waals surface area contributed by atoms with E-state index in [9.17, 15) is 5.11 Å². The highest BCUT2D eigenvalue weighted by Gasteiger charge is 2.29. The molecule has 1 heterocycles. The van der Waals surface area contributed by atoms with Crippen LogP contribution < -0.4 is 0 Å². The van der Waals surface area contributed by atoms with E-state index in [1.54, 1.807) is 24.3 Å². The van der Waals surface area contributed by atoms with E-state index in [4.69, 9.17) is 34.8 Å². The molecular formula is C12H10Cl3N3O. The van der Waals surface area contributed by atoms with Crippen LogP contribution in [0.5, 0.6) is 0 Å². The third-order valence-corrected chi connectivity index (χ3v) is 3.05. The fraction of sp³-hybridized carbons (Fsp3) is 0.167. The average molecular weight is 319 g/mol. The van der Waals surface area contributed by atoms with Gasteiger partial charge in [0.05, 0.1) is 0 Å². The van der Waals surface area contributed by atoms with Crippen LogP contribution in [-0.4, -0.2) is 20.3 Å². The molecule has 1 atom stereocenters. The molecule has 0 radical (unpaired) electrons. The zero-order valence-electron chi connectivity index (χ0n) is 9.65. The monoisotopic (exact) mass is 317 g/mol. The van der Waals surface area contributed by atoms with Gasteiger partial charge in [-0.05, 0) is 23.8 Å². The van der Waals surface area contributed by atoms with Gasteiger partial charge < -0.3 is 5.11 Å². The van der Waals surface area contributed by atoms with Gasteiger partial charge in [-0.15, -0.1) is 0 Å². The number of hydrogen-bond acceptors (Lipinski definition) is 3. The van der Waals surface area contributed by atoms with Crippen molar-refractivity contribution in [3.63, 3.8) is 0 Å². The molecule has 2 aromatic rings. The minimum absolute atomic E-state index is 0.0343. The van der Waals surface area contributed by atoms with Crippen molar-refractivity contribution in [2.75, 3.05) is 0 Å². The Balaban J connectivity index is 2.39. The summed E-state index contributed by atoms with van der Waals surface area (Å²) in [6, 6.07) is 6.75. The standard InChI is InChI=1S/C12H10Cl3N3O/c13-9-3-1-8(2-4-9)12(19,5-10(14)15)6-11-16-7-17-18-11/h1-5,7,19H,6H2,(H,16,17,18). The summed E-state index contributed by atoms with van der Waals surface area (Å²) in [5.74, 6) is 0.447. The third-order valence-electron chi connectivity index (χ3n) is 2.58. The number of rotatable bonds is 4. The van der Waals surface area contributed by atoms with Crippen LogP contribution in [0, 0.1) is 0 Å². The highest BCUT2D eigenvalue weighted by molar-refractivity contribution is 6.55. The van der Waals surface area contributed by atoms with Crippen molar-refractivity contribution in [3.8, 4) is 0 Å². The van der Waals surface area contributed by atoms with Gasteiger partial charge in [-0.2, -0.15) is 5.10 Å². The van der Waals surface area contributed by atoms with E-state index in [-0.39, 0.29) is 10.9 Å². The second kappa shape index (κ2) is 5.92. The fourth-order valence-electron chi connectivity index (χ4n) is 1.72. The Kier molecular flexibility index (Phi) is 4.47. The molecule has 1 aromatic carbocycles. The molecule has 0 saturated heterocycles. The summed E-state index contributed by atoms with van der Waals surface area (Å²) in [6.45, 7) is 0. The first-order valence-electron chi connectivity index (χ1n) is 5.36. The summed E-state index contributed by atoms with van der Waals surface area (Å²) in [7, 11) is 0. The SMILES string of the molecule is OC(C=C(Cl)Cl)(Cc1nc[nH]n1)c1ccc(Cl)cc1. The van der Waals surface area contributed by atoms with Crippen molar-refractivity contribution in [2.24, 2.45) is 0 Å². The first-order valence-corrected chi connectivity index (χ1v) is 6.50. The first-order chi connectivity index (χ1) is 8.99. The predicted octanol–water partition coefficient (Wildman–Crippen LogP) is 3.21. The van der Waals surface area contributed by atoms with Gasteiger partial charge >= 0.3 is 0 Å². The summed E-state index contributed by atoms with van der Waals surface area (Å²) >= 11 is 17.2. The number of nitrogens with zero attached hydrogens (tertiary/aromatic N) is 2. The Morgan fingerprint density at radius 3 is 2.53 bits per heavy atom. The third kappa shape index (κ3) is 3.70. The van der Waals surface area contributed by atoms with Crippen molar-refractivity contribution in [3.05, 3.63) is 57.6 Å². The van der Waals surface area contributed by atoms with Gasteiger partial charge in [0.15, 0.2) is 5.82 Å². The average Bonchev–Trinajstić information content (AvgIpc) is 2.81. The molecule has 0 spiro atoms. The fourth-order valence-corrected chi connectivity index (χ4v) is 2.20. The lowest BCUT2D eigenvalue weighted by Gasteiger charge is -2.24. The quantitative estimate of drug-likeness (QED) is 0.910. The second-order valence-corrected chi connectivity index (χ2v) is 5.40. The Labute approximate surface area is 125 Å².